The maximum absolute atomic E-state index is 5.77. The van der Waals surface area contributed by atoms with Gasteiger partial charge in [0.1, 0.15) is 0 Å². The highest BCUT2D eigenvalue weighted by Crippen LogP contribution is 2.40. The number of fused-ring (bicyclic) bond motifs is 2. The molecule has 0 bridgehead atoms. The highest BCUT2D eigenvalue weighted by atomic mass is 15.0. The first-order valence-corrected chi connectivity index (χ1v) is 33.4. The first kappa shape index (κ1) is 61.8. The summed E-state index contributed by atoms with van der Waals surface area (Å²) in [6, 6.07) is 54.7. The normalized spacial score (nSPS) is 11.6. The average Bonchev–Trinajstić information content (AvgIpc) is 3.72. The number of unbranched alkanes of at least 4 members (excludes halogenated alkanes) is 20. The first-order chi connectivity index (χ1) is 41.3. The molecule has 0 radical (unpaired) electrons. The van der Waals surface area contributed by atoms with Crippen molar-refractivity contribution in [3.63, 3.8) is 0 Å². The van der Waals surface area contributed by atoms with Crippen LogP contribution in [0.25, 0.3) is 89.4 Å². The summed E-state index contributed by atoms with van der Waals surface area (Å²) < 4.78 is 0. The number of hydrogen-bond acceptors (Lipinski definition) is 4. The molecule has 7 aromatic carbocycles. The Hall–Kier alpha value is -6.78. The van der Waals surface area contributed by atoms with Crippen molar-refractivity contribution < 1.29 is 0 Å². The zero-order chi connectivity index (χ0) is 58.3. The van der Waals surface area contributed by atoms with E-state index in [0.29, 0.717) is 11.6 Å². The monoisotopic (exact) mass is 1110 g/mol. The van der Waals surface area contributed by atoms with Gasteiger partial charge in [-0.05, 0) is 168 Å². The molecule has 9 rings (SSSR count). The molecule has 0 aliphatic rings. The lowest BCUT2D eigenvalue weighted by Crippen LogP contribution is -2.05. The first-order valence-electron chi connectivity index (χ1n) is 33.4. The van der Waals surface area contributed by atoms with Crippen molar-refractivity contribution in [1.82, 2.24) is 19.9 Å². The predicted octanol–water partition coefficient (Wildman–Crippen LogP) is 23.8. The standard InChI is InChI=1S/C80H98N4/c1-7-11-15-19-23-29-41-63-54-73(66(50-60(63)6)42-30-24-20-16-12-8-2)77-58-78(84-80(83-77)79-81-75(61-37-33-27-34-38-61)57-76(82-79)62-39-35-28-36-40-62)74-56-67(43-31-25-21-17-13-9-3)72(55-68(74)44-32-26-22-18-14-10-4)69-48-47-65-51-70-49-59(5)45-46-64(70)52-71(65)53-69/h27-28,33-40,45-58H,7-26,29-32,41-44H2,1-6H3. The van der Waals surface area contributed by atoms with Gasteiger partial charge in [-0.3, -0.25) is 0 Å². The SMILES string of the molecule is CCCCCCCCc1cc(-c2cc(-c3cc(CCCCCCCC)c(-c4ccc5cc6cc(C)ccc6cc5c4)cc3CCCCCCCC)nc(-c3nc(-c4ccccc4)cc(-c4ccccc4)n3)n2)c(CCCCCCCC)cc1C. The number of aromatic nitrogens is 4. The summed E-state index contributed by atoms with van der Waals surface area (Å²) in [5, 5.41) is 5.17. The minimum atomic E-state index is 0.551. The Bertz CT molecular complexity index is 3430. The molecule has 0 unspecified atom stereocenters. The van der Waals surface area contributed by atoms with Crippen LogP contribution in [0.15, 0.2) is 146 Å². The second-order valence-corrected chi connectivity index (χ2v) is 24.6. The van der Waals surface area contributed by atoms with E-state index in [1.807, 2.05) is 0 Å². The van der Waals surface area contributed by atoms with E-state index in [2.05, 4.69) is 187 Å². The molecule has 9 aromatic rings. The maximum Gasteiger partial charge on any atom is 0.198 e. The van der Waals surface area contributed by atoms with Gasteiger partial charge in [-0.1, -0.05) is 265 Å². The van der Waals surface area contributed by atoms with Crippen molar-refractivity contribution in [2.24, 2.45) is 0 Å². The fourth-order valence-electron chi connectivity index (χ4n) is 12.7. The second kappa shape index (κ2) is 32.5. The van der Waals surface area contributed by atoms with Gasteiger partial charge in [-0.2, -0.15) is 0 Å². The van der Waals surface area contributed by atoms with Crippen LogP contribution in [-0.4, -0.2) is 19.9 Å². The average molecular weight is 1120 g/mol. The van der Waals surface area contributed by atoms with Crippen LogP contribution in [0.1, 0.15) is 215 Å². The van der Waals surface area contributed by atoms with Gasteiger partial charge in [0.25, 0.3) is 0 Å². The highest BCUT2D eigenvalue weighted by molar-refractivity contribution is 6.00. The molecule has 2 aromatic heterocycles. The van der Waals surface area contributed by atoms with Crippen LogP contribution in [0, 0.1) is 13.8 Å². The Morgan fingerprint density at radius 1 is 0.262 bits per heavy atom. The number of hydrogen-bond donors (Lipinski definition) is 0. The number of rotatable bonds is 34. The van der Waals surface area contributed by atoms with E-state index in [-0.39, 0.29) is 0 Å². The third kappa shape index (κ3) is 17.2. The van der Waals surface area contributed by atoms with Gasteiger partial charge in [-0.15, -0.1) is 0 Å². The number of benzene rings is 7. The van der Waals surface area contributed by atoms with E-state index in [4.69, 9.17) is 19.9 Å². The number of aryl methyl sites for hydroxylation is 6. The lowest BCUT2D eigenvalue weighted by Gasteiger charge is -2.20. The Kier molecular flexibility index (Phi) is 23.9. The molecule has 0 fully saturated rings. The van der Waals surface area contributed by atoms with Crippen molar-refractivity contribution in [2.75, 3.05) is 0 Å². The molecule has 0 saturated carbocycles. The zero-order valence-corrected chi connectivity index (χ0v) is 52.4. The third-order valence-corrected chi connectivity index (χ3v) is 17.7. The van der Waals surface area contributed by atoms with Gasteiger partial charge in [0.2, 0.25) is 0 Å². The van der Waals surface area contributed by atoms with Gasteiger partial charge < -0.3 is 0 Å². The van der Waals surface area contributed by atoms with Crippen molar-refractivity contribution in [1.29, 1.82) is 0 Å². The highest BCUT2D eigenvalue weighted by Gasteiger charge is 2.22. The van der Waals surface area contributed by atoms with Crippen molar-refractivity contribution in [3.8, 4) is 67.8 Å². The minimum absolute atomic E-state index is 0.551. The van der Waals surface area contributed by atoms with Gasteiger partial charge >= 0.3 is 0 Å². The van der Waals surface area contributed by atoms with Gasteiger partial charge in [0.05, 0.1) is 22.8 Å². The molecule has 0 saturated heterocycles. The lowest BCUT2D eigenvalue weighted by molar-refractivity contribution is 0.605. The summed E-state index contributed by atoms with van der Waals surface area (Å²) in [4.78, 5) is 22.4. The molecule has 4 heteroatoms. The molecule has 0 N–H and O–H groups in total. The fourth-order valence-corrected chi connectivity index (χ4v) is 12.7. The van der Waals surface area contributed by atoms with Crippen LogP contribution < -0.4 is 0 Å². The zero-order valence-electron chi connectivity index (χ0n) is 52.4. The molecule has 2 heterocycles. The second-order valence-electron chi connectivity index (χ2n) is 24.6. The van der Waals surface area contributed by atoms with Gasteiger partial charge in [-0.25, -0.2) is 19.9 Å². The van der Waals surface area contributed by atoms with E-state index in [1.165, 1.54) is 212 Å². The molecule has 0 atom stereocenters. The van der Waals surface area contributed by atoms with Crippen LogP contribution in [0.3, 0.4) is 0 Å². The smallest absolute Gasteiger partial charge is 0.198 e. The summed E-state index contributed by atoms with van der Waals surface area (Å²) in [5.41, 5.74) is 19.2. The largest absolute Gasteiger partial charge is 0.225 e. The van der Waals surface area contributed by atoms with Gasteiger partial charge in [0, 0.05) is 22.3 Å². The predicted molar refractivity (Wildman–Crippen MR) is 363 cm³/mol. The van der Waals surface area contributed by atoms with E-state index in [9.17, 15) is 0 Å². The van der Waals surface area contributed by atoms with Crippen LogP contribution >= 0.6 is 0 Å². The van der Waals surface area contributed by atoms with Gasteiger partial charge in [0.15, 0.2) is 11.6 Å². The lowest BCUT2D eigenvalue weighted by atomic mass is 9.86. The van der Waals surface area contributed by atoms with E-state index >= 15 is 0 Å². The Labute approximate surface area is 506 Å². The van der Waals surface area contributed by atoms with Crippen LogP contribution in [0.4, 0.5) is 0 Å². The Morgan fingerprint density at radius 3 is 1.12 bits per heavy atom. The maximum atomic E-state index is 5.77. The summed E-state index contributed by atoms with van der Waals surface area (Å²) in [5.74, 6) is 1.13. The third-order valence-electron chi connectivity index (χ3n) is 17.7. The summed E-state index contributed by atoms with van der Waals surface area (Å²) in [6.45, 7) is 13.8. The molecule has 0 amide bonds. The van der Waals surface area contributed by atoms with Crippen molar-refractivity contribution in [2.45, 2.75) is 221 Å². The summed E-state index contributed by atoms with van der Waals surface area (Å²) >= 11 is 0. The topological polar surface area (TPSA) is 51.6 Å². The Balaban J connectivity index is 1.26. The molecule has 84 heavy (non-hydrogen) atoms. The van der Waals surface area contributed by atoms with Crippen molar-refractivity contribution >= 4 is 21.5 Å². The van der Waals surface area contributed by atoms with E-state index < -0.39 is 0 Å². The van der Waals surface area contributed by atoms with Crippen LogP contribution in [-0.2, 0) is 25.7 Å². The molecule has 438 valence electrons. The van der Waals surface area contributed by atoms with Crippen LogP contribution in [0.5, 0.6) is 0 Å². The quantitative estimate of drug-likeness (QED) is 0.0298. The van der Waals surface area contributed by atoms with Crippen molar-refractivity contribution in [3.05, 3.63) is 179 Å². The summed E-state index contributed by atoms with van der Waals surface area (Å²) in [6.07, 6.45) is 34.3. The van der Waals surface area contributed by atoms with E-state index in [0.717, 1.165) is 78.8 Å². The molecular formula is C80H98N4. The molecule has 4 nitrogen and oxygen atoms in total. The minimum Gasteiger partial charge on any atom is -0.225 e. The number of nitrogens with zero attached hydrogens (tertiary/aromatic N) is 4. The molecular weight excluding hydrogens is 1020 g/mol. The molecule has 0 spiro atoms. The fraction of sp³-hybridized carbons (Fsp3) is 0.425. The molecule has 0 aliphatic heterocycles. The van der Waals surface area contributed by atoms with E-state index in [1.54, 1.807) is 0 Å². The Morgan fingerprint density at radius 2 is 0.631 bits per heavy atom. The summed E-state index contributed by atoms with van der Waals surface area (Å²) in [7, 11) is 0. The molecule has 0 aliphatic carbocycles. The van der Waals surface area contributed by atoms with Crippen LogP contribution in [0.2, 0.25) is 0 Å².